The quantitative estimate of drug-likeness (QED) is 0.788. The molecule has 1 aliphatic heterocycles. The summed E-state index contributed by atoms with van der Waals surface area (Å²) in [6.45, 7) is 11.2. The molecule has 1 aliphatic carbocycles. The third-order valence-corrected chi connectivity index (χ3v) is 4.46. The molecule has 0 aromatic rings. The van der Waals surface area contributed by atoms with Crippen LogP contribution in [0.3, 0.4) is 0 Å². The van der Waals surface area contributed by atoms with E-state index in [2.05, 4.69) is 35.9 Å². The van der Waals surface area contributed by atoms with Gasteiger partial charge >= 0.3 is 0 Å². The fourth-order valence-electron chi connectivity index (χ4n) is 3.25. The van der Waals surface area contributed by atoms with Gasteiger partial charge in [-0.1, -0.05) is 13.8 Å². The molecule has 4 heteroatoms. The van der Waals surface area contributed by atoms with E-state index in [1.165, 1.54) is 12.8 Å². The molecule has 2 rings (SSSR count). The molecule has 2 unspecified atom stereocenters. The Balaban J connectivity index is 1.78. The molecule has 4 nitrogen and oxygen atoms in total. The molecule has 1 amide bonds. The fraction of sp³-hybridized carbons (Fsp3) is 0.933. The average Bonchev–Trinajstić information content (AvgIpc) is 3.18. The standard InChI is InChI=1S/C15H29N3O/c1-4-16-14-8-9-17(10-12(14)3)11-15(19)18(5-2)13-6-7-13/h12-14,16H,4-11H2,1-3H3. The van der Waals surface area contributed by atoms with Crippen LogP contribution in [0.5, 0.6) is 0 Å². The van der Waals surface area contributed by atoms with E-state index in [9.17, 15) is 4.79 Å². The van der Waals surface area contributed by atoms with E-state index in [-0.39, 0.29) is 0 Å². The van der Waals surface area contributed by atoms with E-state index >= 15 is 0 Å². The van der Waals surface area contributed by atoms with Crippen LogP contribution in [0, 0.1) is 5.92 Å². The summed E-state index contributed by atoms with van der Waals surface area (Å²) in [4.78, 5) is 16.7. The van der Waals surface area contributed by atoms with E-state index in [0.717, 1.165) is 32.6 Å². The fourth-order valence-corrected chi connectivity index (χ4v) is 3.25. The zero-order valence-corrected chi connectivity index (χ0v) is 12.7. The van der Waals surface area contributed by atoms with Crippen LogP contribution in [0.2, 0.25) is 0 Å². The minimum atomic E-state index is 0.333. The Bertz CT molecular complexity index is 304. The lowest BCUT2D eigenvalue weighted by atomic mass is 9.94. The second-order valence-corrected chi connectivity index (χ2v) is 6.08. The van der Waals surface area contributed by atoms with E-state index < -0.39 is 0 Å². The van der Waals surface area contributed by atoms with E-state index in [1.807, 2.05) is 0 Å². The summed E-state index contributed by atoms with van der Waals surface area (Å²) in [5.41, 5.74) is 0. The molecule has 110 valence electrons. The highest BCUT2D eigenvalue weighted by Gasteiger charge is 2.33. The Hall–Kier alpha value is -0.610. The average molecular weight is 267 g/mol. The number of nitrogens with zero attached hydrogens (tertiary/aromatic N) is 2. The first-order valence-corrected chi connectivity index (χ1v) is 7.90. The molecular weight excluding hydrogens is 238 g/mol. The number of amides is 1. The number of nitrogens with one attached hydrogen (secondary N) is 1. The van der Waals surface area contributed by atoms with Crippen LogP contribution in [-0.2, 0) is 4.79 Å². The topological polar surface area (TPSA) is 35.6 Å². The summed E-state index contributed by atoms with van der Waals surface area (Å²) in [6, 6.07) is 1.18. The minimum Gasteiger partial charge on any atom is -0.339 e. The largest absolute Gasteiger partial charge is 0.339 e. The Morgan fingerprint density at radius 3 is 2.58 bits per heavy atom. The number of rotatable bonds is 6. The molecule has 2 fully saturated rings. The Labute approximate surface area is 117 Å². The van der Waals surface area contributed by atoms with Gasteiger partial charge in [0, 0.05) is 31.7 Å². The van der Waals surface area contributed by atoms with Gasteiger partial charge in [0.1, 0.15) is 0 Å². The Morgan fingerprint density at radius 1 is 1.32 bits per heavy atom. The lowest BCUT2D eigenvalue weighted by Gasteiger charge is -2.37. The lowest BCUT2D eigenvalue weighted by molar-refractivity contribution is -0.133. The van der Waals surface area contributed by atoms with Crippen molar-refractivity contribution >= 4 is 5.91 Å². The van der Waals surface area contributed by atoms with Crippen LogP contribution in [0.25, 0.3) is 0 Å². The lowest BCUT2D eigenvalue weighted by Crippen LogP contribution is -2.51. The van der Waals surface area contributed by atoms with Gasteiger partial charge in [0.15, 0.2) is 0 Å². The normalized spacial score (nSPS) is 28.4. The van der Waals surface area contributed by atoms with Gasteiger partial charge in [-0.25, -0.2) is 0 Å². The maximum Gasteiger partial charge on any atom is 0.236 e. The van der Waals surface area contributed by atoms with Crippen LogP contribution >= 0.6 is 0 Å². The maximum absolute atomic E-state index is 12.3. The van der Waals surface area contributed by atoms with Gasteiger partial charge in [0.25, 0.3) is 0 Å². The molecule has 1 saturated heterocycles. The van der Waals surface area contributed by atoms with E-state index in [0.29, 0.717) is 30.5 Å². The van der Waals surface area contributed by atoms with Crippen molar-refractivity contribution in [3.63, 3.8) is 0 Å². The van der Waals surface area contributed by atoms with Crippen LogP contribution in [-0.4, -0.2) is 60.5 Å². The van der Waals surface area contributed by atoms with Gasteiger partial charge in [0.2, 0.25) is 5.91 Å². The first-order chi connectivity index (χ1) is 9.15. The number of carbonyl (C=O) groups is 1. The number of carbonyl (C=O) groups excluding carboxylic acids is 1. The number of likely N-dealkylation sites (N-methyl/N-ethyl adjacent to an activating group) is 1. The highest BCUT2D eigenvalue weighted by Crippen LogP contribution is 2.27. The Morgan fingerprint density at radius 2 is 2.05 bits per heavy atom. The van der Waals surface area contributed by atoms with Crippen molar-refractivity contribution in [1.82, 2.24) is 15.1 Å². The monoisotopic (exact) mass is 267 g/mol. The van der Waals surface area contributed by atoms with Gasteiger partial charge in [-0.3, -0.25) is 9.69 Å². The molecule has 2 atom stereocenters. The van der Waals surface area contributed by atoms with Crippen molar-refractivity contribution in [3.05, 3.63) is 0 Å². The molecule has 0 spiro atoms. The van der Waals surface area contributed by atoms with Gasteiger partial charge in [-0.2, -0.15) is 0 Å². The second-order valence-electron chi connectivity index (χ2n) is 6.08. The number of hydrogen-bond acceptors (Lipinski definition) is 3. The first-order valence-electron chi connectivity index (χ1n) is 7.90. The van der Waals surface area contributed by atoms with Crippen LogP contribution in [0.4, 0.5) is 0 Å². The predicted octanol–water partition coefficient (Wildman–Crippen LogP) is 1.32. The summed E-state index contributed by atoms with van der Waals surface area (Å²) < 4.78 is 0. The van der Waals surface area contributed by atoms with Crippen LogP contribution in [0.15, 0.2) is 0 Å². The molecule has 0 aromatic carbocycles. The maximum atomic E-state index is 12.3. The van der Waals surface area contributed by atoms with E-state index in [4.69, 9.17) is 0 Å². The van der Waals surface area contributed by atoms with Gasteiger partial charge in [0.05, 0.1) is 6.54 Å². The van der Waals surface area contributed by atoms with E-state index in [1.54, 1.807) is 0 Å². The number of piperidine rings is 1. The smallest absolute Gasteiger partial charge is 0.236 e. The second kappa shape index (κ2) is 6.71. The van der Waals surface area contributed by atoms with Gasteiger partial charge in [-0.15, -0.1) is 0 Å². The third kappa shape index (κ3) is 3.93. The highest BCUT2D eigenvalue weighted by molar-refractivity contribution is 5.78. The summed E-state index contributed by atoms with van der Waals surface area (Å²) in [5.74, 6) is 0.969. The molecule has 1 N–H and O–H groups in total. The summed E-state index contributed by atoms with van der Waals surface area (Å²) in [7, 11) is 0. The Kier molecular flexibility index (Phi) is 5.22. The SMILES string of the molecule is CCNC1CCN(CC(=O)N(CC)C2CC2)CC1C. The van der Waals surface area contributed by atoms with Crippen molar-refractivity contribution in [3.8, 4) is 0 Å². The summed E-state index contributed by atoms with van der Waals surface area (Å²) in [5, 5.41) is 3.55. The molecule has 0 aromatic heterocycles. The minimum absolute atomic E-state index is 0.333. The van der Waals surface area contributed by atoms with Crippen LogP contribution in [0.1, 0.15) is 40.0 Å². The summed E-state index contributed by atoms with van der Waals surface area (Å²) >= 11 is 0. The third-order valence-electron chi connectivity index (χ3n) is 4.46. The zero-order valence-electron chi connectivity index (χ0n) is 12.7. The van der Waals surface area contributed by atoms with Gasteiger partial charge < -0.3 is 10.2 Å². The first kappa shape index (κ1) is 14.8. The molecule has 0 bridgehead atoms. The molecule has 1 saturated carbocycles. The van der Waals surface area contributed by atoms with Crippen molar-refractivity contribution in [2.45, 2.75) is 52.1 Å². The molecule has 19 heavy (non-hydrogen) atoms. The van der Waals surface area contributed by atoms with Gasteiger partial charge in [-0.05, 0) is 38.6 Å². The molecular formula is C15H29N3O. The van der Waals surface area contributed by atoms with Crippen molar-refractivity contribution < 1.29 is 4.79 Å². The zero-order chi connectivity index (χ0) is 13.8. The van der Waals surface area contributed by atoms with Crippen LogP contribution < -0.4 is 5.32 Å². The molecule has 0 radical (unpaired) electrons. The van der Waals surface area contributed by atoms with Crippen molar-refractivity contribution in [2.24, 2.45) is 5.92 Å². The predicted molar refractivity (Wildman–Crippen MR) is 78.1 cm³/mol. The number of hydrogen-bond donors (Lipinski definition) is 1. The summed E-state index contributed by atoms with van der Waals surface area (Å²) in [6.07, 6.45) is 3.58. The molecule has 1 heterocycles. The highest BCUT2D eigenvalue weighted by atomic mass is 16.2. The number of likely N-dealkylation sites (tertiary alicyclic amines) is 1. The van der Waals surface area contributed by atoms with Crippen molar-refractivity contribution in [1.29, 1.82) is 0 Å². The molecule has 2 aliphatic rings. The van der Waals surface area contributed by atoms with Crippen molar-refractivity contribution in [2.75, 3.05) is 32.7 Å².